The first-order valence-corrected chi connectivity index (χ1v) is 9.53. The molecule has 0 radical (unpaired) electrons. The van der Waals surface area contributed by atoms with Crippen molar-refractivity contribution >= 4 is 11.4 Å². The van der Waals surface area contributed by atoms with E-state index in [4.69, 9.17) is 0 Å². The monoisotopic (exact) mass is 326 g/mol. The second-order valence-electron chi connectivity index (χ2n) is 7.70. The minimum absolute atomic E-state index is 0.161. The SMILES string of the molecule is CC.CC(=O)C1CCC2C3CCc4cc(O)ccc4C3=CC[C@]12C. The van der Waals surface area contributed by atoms with Gasteiger partial charge in [0.25, 0.3) is 0 Å². The van der Waals surface area contributed by atoms with Crippen LogP contribution in [0.5, 0.6) is 5.75 Å². The van der Waals surface area contributed by atoms with Gasteiger partial charge in [-0.15, -0.1) is 0 Å². The number of hydrogen-bond acceptors (Lipinski definition) is 2. The molecule has 1 aromatic rings. The molecule has 130 valence electrons. The summed E-state index contributed by atoms with van der Waals surface area (Å²) in [5.74, 6) is 2.24. The number of Topliss-reactive ketones (excluding diaryl/α,β-unsaturated/α-hetero) is 1. The number of allylic oxidation sites excluding steroid dienone is 2. The molecule has 3 unspecified atom stereocenters. The minimum atomic E-state index is 0.161. The Bertz CT molecular complexity index is 673. The molecular weight excluding hydrogens is 296 g/mol. The van der Waals surface area contributed by atoms with Crippen molar-refractivity contribution in [3.8, 4) is 5.75 Å². The van der Waals surface area contributed by atoms with Crippen molar-refractivity contribution in [2.75, 3.05) is 0 Å². The summed E-state index contributed by atoms with van der Waals surface area (Å²) in [6.07, 6.45) is 7.88. The fraction of sp³-hybridized carbons (Fsp3) is 0.591. The van der Waals surface area contributed by atoms with Crippen LogP contribution >= 0.6 is 0 Å². The van der Waals surface area contributed by atoms with Crippen LogP contribution in [0, 0.1) is 23.2 Å². The van der Waals surface area contributed by atoms with Crippen molar-refractivity contribution < 1.29 is 9.90 Å². The molecule has 0 amide bonds. The molecule has 2 heteroatoms. The maximum atomic E-state index is 12.1. The Hall–Kier alpha value is -1.57. The van der Waals surface area contributed by atoms with Gasteiger partial charge in [0.2, 0.25) is 0 Å². The van der Waals surface area contributed by atoms with E-state index in [-0.39, 0.29) is 11.3 Å². The summed E-state index contributed by atoms with van der Waals surface area (Å²) in [4.78, 5) is 12.1. The third-order valence-corrected chi connectivity index (χ3v) is 6.67. The van der Waals surface area contributed by atoms with E-state index < -0.39 is 0 Å². The van der Waals surface area contributed by atoms with E-state index in [1.807, 2.05) is 26.0 Å². The maximum Gasteiger partial charge on any atom is 0.133 e. The maximum absolute atomic E-state index is 12.1. The van der Waals surface area contributed by atoms with Crippen molar-refractivity contribution in [3.05, 3.63) is 35.4 Å². The Labute approximate surface area is 146 Å². The predicted molar refractivity (Wildman–Crippen MR) is 98.9 cm³/mol. The molecule has 0 saturated heterocycles. The number of ketones is 1. The van der Waals surface area contributed by atoms with E-state index in [0.29, 0.717) is 23.4 Å². The molecule has 1 fully saturated rings. The van der Waals surface area contributed by atoms with Gasteiger partial charge in [0.15, 0.2) is 0 Å². The molecule has 0 aromatic heterocycles. The van der Waals surface area contributed by atoms with Gasteiger partial charge in [-0.2, -0.15) is 0 Å². The summed E-state index contributed by atoms with van der Waals surface area (Å²) < 4.78 is 0. The van der Waals surface area contributed by atoms with E-state index in [2.05, 4.69) is 19.1 Å². The Morgan fingerprint density at radius 1 is 1.21 bits per heavy atom. The lowest BCUT2D eigenvalue weighted by molar-refractivity contribution is -0.124. The van der Waals surface area contributed by atoms with Crippen LogP contribution < -0.4 is 0 Å². The van der Waals surface area contributed by atoms with Crippen LogP contribution in [0.2, 0.25) is 0 Å². The summed E-state index contributed by atoms with van der Waals surface area (Å²) >= 11 is 0. The number of benzene rings is 1. The molecule has 4 atom stereocenters. The summed E-state index contributed by atoms with van der Waals surface area (Å²) in [5, 5.41) is 9.71. The predicted octanol–water partition coefficient (Wildman–Crippen LogP) is 5.39. The van der Waals surface area contributed by atoms with Crippen LogP contribution in [0.25, 0.3) is 5.57 Å². The molecule has 0 aliphatic heterocycles. The topological polar surface area (TPSA) is 37.3 Å². The number of aromatic hydroxyl groups is 1. The van der Waals surface area contributed by atoms with Crippen molar-refractivity contribution in [2.24, 2.45) is 23.2 Å². The highest BCUT2D eigenvalue weighted by molar-refractivity contribution is 5.81. The molecule has 0 bridgehead atoms. The average Bonchev–Trinajstić information content (AvgIpc) is 2.93. The van der Waals surface area contributed by atoms with Crippen molar-refractivity contribution in [3.63, 3.8) is 0 Å². The number of fused-ring (bicyclic) bond motifs is 5. The molecule has 3 aliphatic carbocycles. The lowest BCUT2D eigenvalue weighted by atomic mass is 9.58. The number of aryl methyl sites for hydroxylation is 1. The Kier molecular flexibility index (Phi) is 4.59. The standard InChI is InChI=1S/C20H24O2.C2H6/c1-12(21)18-7-8-19-17-5-3-13-11-14(22)4-6-15(13)16(17)9-10-20(18,19)2;1-2/h4,6,9,11,17-19,22H,3,5,7-8,10H2,1-2H3;1-2H3/t17?,18?,19?,20-;/m1./s1. The van der Waals surface area contributed by atoms with Crippen LogP contribution in [0.3, 0.4) is 0 Å². The van der Waals surface area contributed by atoms with E-state index >= 15 is 0 Å². The lowest BCUT2D eigenvalue weighted by Gasteiger charge is -2.46. The first-order valence-electron chi connectivity index (χ1n) is 9.53. The second-order valence-corrected chi connectivity index (χ2v) is 7.70. The van der Waals surface area contributed by atoms with Gasteiger partial charge in [-0.1, -0.05) is 32.9 Å². The highest BCUT2D eigenvalue weighted by Gasteiger charge is 2.53. The molecule has 2 nitrogen and oxygen atoms in total. The van der Waals surface area contributed by atoms with Gasteiger partial charge >= 0.3 is 0 Å². The summed E-state index contributed by atoms with van der Waals surface area (Å²) in [5.41, 5.74) is 4.26. The number of phenolic OH excluding ortho intramolecular Hbond substituents is 1. The summed E-state index contributed by atoms with van der Waals surface area (Å²) in [6, 6.07) is 5.82. The second kappa shape index (κ2) is 6.38. The van der Waals surface area contributed by atoms with Gasteiger partial charge in [0.1, 0.15) is 11.5 Å². The first kappa shape index (κ1) is 17.3. The number of carbonyl (C=O) groups excluding carboxylic acids is 1. The van der Waals surface area contributed by atoms with Crippen molar-refractivity contribution in [2.45, 2.75) is 59.8 Å². The Morgan fingerprint density at radius 3 is 2.67 bits per heavy atom. The zero-order chi connectivity index (χ0) is 17.5. The van der Waals surface area contributed by atoms with Gasteiger partial charge < -0.3 is 5.11 Å². The fourth-order valence-corrected chi connectivity index (χ4v) is 5.63. The highest BCUT2D eigenvalue weighted by Crippen LogP contribution is 2.60. The molecule has 24 heavy (non-hydrogen) atoms. The van der Waals surface area contributed by atoms with Crippen LogP contribution in [0.4, 0.5) is 0 Å². The Morgan fingerprint density at radius 2 is 1.96 bits per heavy atom. The molecule has 1 saturated carbocycles. The lowest BCUT2D eigenvalue weighted by Crippen LogP contribution is -2.39. The van der Waals surface area contributed by atoms with Gasteiger partial charge in [-0.25, -0.2) is 0 Å². The number of carbonyl (C=O) groups is 1. The summed E-state index contributed by atoms with van der Waals surface area (Å²) in [6.45, 7) is 8.12. The Balaban J connectivity index is 0.000000815. The highest BCUT2D eigenvalue weighted by atomic mass is 16.3. The van der Waals surface area contributed by atoms with Crippen LogP contribution in [-0.2, 0) is 11.2 Å². The van der Waals surface area contributed by atoms with Crippen molar-refractivity contribution in [1.29, 1.82) is 0 Å². The normalized spacial score (nSPS) is 33.3. The summed E-state index contributed by atoms with van der Waals surface area (Å²) in [7, 11) is 0. The number of hydrogen-bond donors (Lipinski definition) is 1. The molecule has 1 N–H and O–H groups in total. The quantitative estimate of drug-likeness (QED) is 0.751. The molecule has 0 heterocycles. The van der Waals surface area contributed by atoms with Gasteiger partial charge in [-0.05, 0) is 85.1 Å². The van der Waals surface area contributed by atoms with E-state index in [9.17, 15) is 9.90 Å². The minimum Gasteiger partial charge on any atom is -0.508 e. The molecule has 1 aromatic carbocycles. The first-order chi connectivity index (χ1) is 11.5. The van der Waals surface area contributed by atoms with Crippen molar-refractivity contribution in [1.82, 2.24) is 0 Å². The number of rotatable bonds is 1. The van der Waals surface area contributed by atoms with Gasteiger partial charge in [0.05, 0.1) is 0 Å². The molecule has 4 rings (SSSR count). The third kappa shape index (κ3) is 2.51. The smallest absolute Gasteiger partial charge is 0.133 e. The zero-order valence-electron chi connectivity index (χ0n) is 15.4. The molecule has 3 aliphatic rings. The van der Waals surface area contributed by atoms with Crippen LogP contribution in [0.1, 0.15) is 64.5 Å². The van der Waals surface area contributed by atoms with Gasteiger partial charge in [-0.3, -0.25) is 4.79 Å². The molecular formula is C22H30O2. The van der Waals surface area contributed by atoms with E-state index in [1.165, 1.54) is 23.1 Å². The van der Waals surface area contributed by atoms with E-state index in [1.54, 1.807) is 6.92 Å². The zero-order valence-corrected chi connectivity index (χ0v) is 15.4. The van der Waals surface area contributed by atoms with E-state index in [0.717, 1.165) is 25.7 Å². The molecule has 0 spiro atoms. The van der Waals surface area contributed by atoms with Crippen LogP contribution in [0.15, 0.2) is 24.3 Å². The fourth-order valence-electron chi connectivity index (χ4n) is 5.63. The number of phenols is 1. The van der Waals surface area contributed by atoms with Gasteiger partial charge in [0, 0.05) is 5.92 Å². The largest absolute Gasteiger partial charge is 0.508 e. The third-order valence-electron chi connectivity index (χ3n) is 6.67. The average molecular weight is 326 g/mol. The van der Waals surface area contributed by atoms with Crippen LogP contribution in [-0.4, -0.2) is 10.9 Å².